The van der Waals surface area contributed by atoms with Crippen LogP contribution >= 0.6 is 0 Å². The van der Waals surface area contributed by atoms with E-state index in [2.05, 4.69) is 18.3 Å². The highest BCUT2D eigenvalue weighted by molar-refractivity contribution is 5.97. The maximum atomic E-state index is 12.0. The van der Waals surface area contributed by atoms with E-state index in [-0.39, 0.29) is 5.78 Å². The molecular formula is C15H21NO. The van der Waals surface area contributed by atoms with Gasteiger partial charge in [-0.3, -0.25) is 4.79 Å². The van der Waals surface area contributed by atoms with Crippen molar-refractivity contribution in [2.45, 2.75) is 45.4 Å². The molecule has 0 radical (unpaired) electrons. The fourth-order valence-electron chi connectivity index (χ4n) is 2.32. The van der Waals surface area contributed by atoms with Crippen molar-refractivity contribution in [3.63, 3.8) is 0 Å². The number of benzene rings is 1. The van der Waals surface area contributed by atoms with Crippen LogP contribution in [0.4, 0.5) is 5.69 Å². The number of fused-ring (bicyclic) bond motifs is 1. The standard InChI is InChI=1S/C15H21NO/c1-2-3-4-5-6-15(17)13-8-7-12-9-10-16-14(12)11-13/h7-8,11,16H,2-6,9-10H2,1H3. The molecule has 2 heteroatoms. The van der Waals surface area contributed by atoms with Gasteiger partial charge in [0.05, 0.1) is 0 Å². The first-order valence-electron chi connectivity index (χ1n) is 6.71. The zero-order chi connectivity index (χ0) is 12.1. The molecule has 1 aromatic rings. The first-order valence-corrected chi connectivity index (χ1v) is 6.71. The number of hydrogen-bond donors (Lipinski definition) is 1. The Hall–Kier alpha value is -1.31. The average molecular weight is 231 g/mol. The van der Waals surface area contributed by atoms with Gasteiger partial charge in [0, 0.05) is 24.2 Å². The van der Waals surface area contributed by atoms with Crippen molar-refractivity contribution in [1.29, 1.82) is 0 Å². The Morgan fingerprint density at radius 2 is 2.18 bits per heavy atom. The third kappa shape index (κ3) is 3.09. The van der Waals surface area contributed by atoms with Crippen LogP contribution in [0.2, 0.25) is 0 Å². The van der Waals surface area contributed by atoms with E-state index < -0.39 is 0 Å². The van der Waals surface area contributed by atoms with Gasteiger partial charge < -0.3 is 5.32 Å². The van der Waals surface area contributed by atoms with Crippen LogP contribution in [0.15, 0.2) is 18.2 Å². The number of unbranched alkanes of at least 4 members (excludes halogenated alkanes) is 3. The number of nitrogens with one attached hydrogen (secondary N) is 1. The van der Waals surface area contributed by atoms with Crippen molar-refractivity contribution < 1.29 is 4.79 Å². The van der Waals surface area contributed by atoms with E-state index in [1.165, 1.54) is 24.8 Å². The number of carbonyl (C=O) groups is 1. The third-order valence-electron chi connectivity index (χ3n) is 3.40. The molecule has 0 amide bonds. The molecule has 0 spiro atoms. The first-order chi connectivity index (χ1) is 8.31. The van der Waals surface area contributed by atoms with E-state index in [9.17, 15) is 4.79 Å². The minimum absolute atomic E-state index is 0.289. The Balaban J connectivity index is 1.91. The van der Waals surface area contributed by atoms with Gasteiger partial charge in [0.1, 0.15) is 0 Å². The summed E-state index contributed by atoms with van der Waals surface area (Å²) in [6.45, 7) is 3.19. The summed E-state index contributed by atoms with van der Waals surface area (Å²) in [7, 11) is 0. The molecule has 0 unspecified atom stereocenters. The molecule has 0 fully saturated rings. The van der Waals surface area contributed by atoms with Crippen LogP contribution in [0.5, 0.6) is 0 Å². The molecule has 1 aliphatic heterocycles. The third-order valence-corrected chi connectivity index (χ3v) is 3.40. The Labute approximate surface area is 103 Å². The summed E-state index contributed by atoms with van der Waals surface area (Å²) < 4.78 is 0. The lowest BCUT2D eigenvalue weighted by molar-refractivity contribution is 0.0979. The lowest BCUT2D eigenvalue weighted by Crippen LogP contribution is -2.00. The van der Waals surface area contributed by atoms with Gasteiger partial charge >= 0.3 is 0 Å². The SMILES string of the molecule is CCCCCCC(=O)c1ccc2c(c1)NCC2. The van der Waals surface area contributed by atoms with Crippen molar-refractivity contribution in [3.8, 4) is 0 Å². The number of ketones is 1. The van der Waals surface area contributed by atoms with Crippen LogP contribution in [0.25, 0.3) is 0 Å². The quantitative estimate of drug-likeness (QED) is 0.596. The molecule has 1 aliphatic rings. The molecule has 2 rings (SSSR count). The minimum atomic E-state index is 0.289. The number of hydrogen-bond acceptors (Lipinski definition) is 2. The topological polar surface area (TPSA) is 29.1 Å². The highest BCUT2D eigenvalue weighted by atomic mass is 16.1. The normalized spacial score (nSPS) is 13.2. The van der Waals surface area contributed by atoms with Gasteiger partial charge in [0.2, 0.25) is 0 Å². The maximum Gasteiger partial charge on any atom is 0.162 e. The second-order valence-electron chi connectivity index (χ2n) is 4.78. The smallest absolute Gasteiger partial charge is 0.162 e. The predicted octanol–water partition coefficient (Wildman–Crippen LogP) is 3.81. The summed E-state index contributed by atoms with van der Waals surface area (Å²) in [5.41, 5.74) is 3.37. The molecule has 92 valence electrons. The van der Waals surface area contributed by atoms with E-state index in [1.54, 1.807) is 0 Å². The molecule has 1 aromatic carbocycles. The van der Waals surface area contributed by atoms with E-state index >= 15 is 0 Å². The summed E-state index contributed by atoms with van der Waals surface area (Å²) >= 11 is 0. The number of Topliss-reactive ketones (excluding diaryl/α,β-unsaturated/α-hetero) is 1. The molecule has 0 bridgehead atoms. The monoisotopic (exact) mass is 231 g/mol. The van der Waals surface area contributed by atoms with Crippen LogP contribution in [0.3, 0.4) is 0 Å². The van der Waals surface area contributed by atoms with E-state index in [4.69, 9.17) is 0 Å². The zero-order valence-electron chi connectivity index (χ0n) is 10.6. The Kier molecular flexibility index (Phi) is 4.18. The van der Waals surface area contributed by atoms with E-state index in [0.29, 0.717) is 6.42 Å². The summed E-state index contributed by atoms with van der Waals surface area (Å²) in [6, 6.07) is 6.09. The first kappa shape index (κ1) is 12.2. The van der Waals surface area contributed by atoms with Gasteiger partial charge in [-0.1, -0.05) is 38.3 Å². The van der Waals surface area contributed by atoms with Gasteiger partial charge in [0.25, 0.3) is 0 Å². The molecule has 1 N–H and O–H groups in total. The average Bonchev–Trinajstić information content (AvgIpc) is 2.81. The largest absolute Gasteiger partial charge is 0.384 e. The van der Waals surface area contributed by atoms with Crippen LogP contribution in [0.1, 0.15) is 54.9 Å². The molecule has 0 aliphatic carbocycles. The molecule has 17 heavy (non-hydrogen) atoms. The Morgan fingerprint density at radius 1 is 1.29 bits per heavy atom. The van der Waals surface area contributed by atoms with Gasteiger partial charge in [0.15, 0.2) is 5.78 Å². The summed E-state index contributed by atoms with van der Waals surface area (Å²) in [5, 5.41) is 3.32. The summed E-state index contributed by atoms with van der Waals surface area (Å²) in [6.07, 6.45) is 6.43. The highest BCUT2D eigenvalue weighted by Crippen LogP contribution is 2.24. The van der Waals surface area contributed by atoms with Crippen molar-refractivity contribution in [2.75, 3.05) is 11.9 Å². The molecule has 0 saturated carbocycles. The van der Waals surface area contributed by atoms with Crippen molar-refractivity contribution >= 4 is 11.5 Å². The molecule has 2 nitrogen and oxygen atoms in total. The van der Waals surface area contributed by atoms with E-state index in [1.807, 2.05) is 12.1 Å². The fourth-order valence-corrected chi connectivity index (χ4v) is 2.32. The van der Waals surface area contributed by atoms with Gasteiger partial charge in [-0.25, -0.2) is 0 Å². The zero-order valence-corrected chi connectivity index (χ0v) is 10.6. The van der Waals surface area contributed by atoms with Crippen LogP contribution in [-0.4, -0.2) is 12.3 Å². The van der Waals surface area contributed by atoms with Crippen molar-refractivity contribution in [2.24, 2.45) is 0 Å². The summed E-state index contributed by atoms with van der Waals surface area (Å²) in [5.74, 6) is 0.289. The number of rotatable bonds is 6. The number of anilines is 1. The van der Waals surface area contributed by atoms with Crippen molar-refractivity contribution in [1.82, 2.24) is 0 Å². The fraction of sp³-hybridized carbons (Fsp3) is 0.533. The second kappa shape index (κ2) is 5.85. The lowest BCUT2D eigenvalue weighted by atomic mass is 10.0. The molecular weight excluding hydrogens is 210 g/mol. The Morgan fingerprint density at radius 3 is 3.00 bits per heavy atom. The van der Waals surface area contributed by atoms with Gasteiger partial charge in [-0.05, 0) is 24.5 Å². The summed E-state index contributed by atoms with van der Waals surface area (Å²) in [4.78, 5) is 12.0. The van der Waals surface area contributed by atoms with E-state index in [0.717, 1.165) is 30.6 Å². The van der Waals surface area contributed by atoms with Crippen LogP contribution in [-0.2, 0) is 6.42 Å². The molecule has 1 heterocycles. The predicted molar refractivity (Wildman–Crippen MR) is 71.7 cm³/mol. The van der Waals surface area contributed by atoms with Gasteiger partial charge in [-0.15, -0.1) is 0 Å². The van der Waals surface area contributed by atoms with Crippen LogP contribution in [0, 0.1) is 0 Å². The minimum Gasteiger partial charge on any atom is -0.384 e. The van der Waals surface area contributed by atoms with Crippen molar-refractivity contribution in [3.05, 3.63) is 29.3 Å². The second-order valence-corrected chi connectivity index (χ2v) is 4.78. The number of carbonyl (C=O) groups excluding carboxylic acids is 1. The molecule has 0 atom stereocenters. The molecule has 0 saturated heterocycles. The highest BCUT2D eigenvalue weighted by Gasteiger charge is 2.12. The van der Waals surface area contributed by atoms with Crippen LogP contribution < -0.4 is 5.32 Å². The maximum absolute atomic E-state index is 12.0. The molecule has 0 aromatic heterocycles. The Bertz CT molecular complexity index is 398. The lowest BCUT2D eigenvalue weighted by Gasteiger charge is -2.04. The van der Waals surface area contributed by atoms with Gasteiger partial charge in [-0.2, -0.15) is 0 Å².